The monoisotopic (exact) mass is 498 g/mol. The summed E-state index contributed by atoms with van der Waals surface area (Å²) in [6, 6.07) is 9.68. The third-order valence-corrected chi connectivity index (χ3v) is 21.0. The quantitative estimate of drug-likeness (QED) is 0.362. The molecular formula is C32H48ClP. The van der Waals surface area contributed by atoms with Crippen LogP contribution in [-0.4, -0.2) is 17.0 Å². The summed E-state index contributed by atoms with van der Waals surface area (Å²) in [6.45, 7) is 12.2. The molecule has 0 aromatic heterocycles. The van der Waals surface area contributed by atoms with E-state index >= 15 is 0 Å². The fourth-order valence-electron chi connectivity index (χ4n) is 8.80. The van der Waals surface area contributed by atoms with Crippen LogP contribution in [0.2, 0.25) is 0 Å². The Hall–Kier alpha value is -0.580. The van der Waals surface area contributed by atoms with Gasteiger partial charge < -0.3 is 0 Å². The number of hydrogen-bond donors (Lipinski definition) is 0. The summed E-state index contributed by atoms with van der Waals surface area (Å²) in [7, 11) is 0. The molecule has 2 fully saturated rings. The molecule has 5 rings (SSSR count). The van der Waals surface area contributed by atoms with Crippen LogP contribution in [-0.2, 0) is 0 Å². The first kappa shape index (κ1) is 25.1. The van der Waals surface area contributed by atoms with Crippen molar-refractivity contribution in [3.05, 3.63) is 53.1 Å². The minimum atomic E-state index is -2.79. The van der Waals surface area contributed by atoms with Gasteiger partial charge in [-0.15, -0.1) is 0 Å². The van der Waals surface area contributed by atoms with Crippen LogP contribution in [0.25, 0.3) is 0 Å². The standard InChI is InChI=1S/C32H48ClP/c1-22(2)25-20-29(23(3)4)32-28-18-12-13-19-31(28)34(33,24(5)30(32)21-25,26-14-8-6-9-15-26)27-16-10-7-11-17-27/h12-13,18-24,26-27,29,32H,6-11,14-17H2,1-5H3. The van der Waals surface area contributed by atoms with Gasteiger partial charge in [0.2, 0.25) is 0 Å². The predicted octanol–water partition coefficient (Wildman–Crippen LogP) is 9.96. The minimum absolute atomic E-state index is 0.502. The Morgan fingerprint density at radius 3 is 1.91 bits per heavy atom. The molecule has 2 heteroatoms. The molecule has 4 aliphatic rings. The van der Waals surface area contributed by atoms with E-state index in [1.807, 2.05) is 0 Å². The zero-order valence-electron chi connectivity index (χ0n) is 22.4. The second-order valence-corrected chi connectivity index (χ2v) is 20.2. The summed E-state index contributed by atoms with van der Waals surface area (Å²) < 4.78 is 0. The number of halogens is 1. The molecule has 1 heterocycles. The van der Waals surface area contributed by atoms with E-state index in [0.29, 0.717) is 40.6 Å². The first-order valence-electron chi connectivity index (χ1n) is 14.5. The molecule has 3 unspecified atom stereocenters. The Labute approximate surface area is 214 Å². The van der Waals surface area contributed by atoms with Gasteiger partial charge >= 0.3 is 215 Å². The van der Waals surface area contributed by atoms with Crippen LogP contribution >= 0.6 is 17.2 Å². The average molecular weight is 499 g/mol. The van der Waals surface area contributed by atoms with E-state index in [0.717, 1.165) is 0 Å². The summed E-state index contributed by atoms with van der Waals surface area (Å²) in [6.07, 6.45) is 19.1. The molecule has 3 atom stereocenters. The van der Waals surface area contributed by atoms with Gasteiger partial charge in [-0.1, -0.05) is 0 Å². The van der Waals surface area contributed by atoms with Crippen LogP contribution in [0.5, 0.6) is 0 Å². The molecule has 34 heavy (non-hydrogen) atoms. The molecule has 1 aromatic carbocycles. The van der Waals surface area contributed by atoms with Gasteiger partial charge in [0, 0.05) is 0 Å². The van der Waals surface area contributed by atoms with Crippen LogP contribution in [0.4, 0.5) is 0 Å². The van der Waals surface area contributed by atoms with E-state index in [1.165, 1.54) is 64.2 Å². The van der Waals surface area contributed by atoms with Gasteiger partial charge in [0.1, 0.15) is 0 Å². The third-order valence-electron chi connectivity index (χ3n) is 10.6. The summed E-state index contributed by atoms with van der Waals surface area (Å²) in [5.74, 6) is -0.504. The second-order valence-electron chi connectivity index (χ2n) is 12.8. The molecule has 0 N–H and O–H groups in total. The maximum absolute atomic E-state index is 8.82. The van der Waals surface area contributed by atoms with Crippen molar-refractivity contribution in [3.8, 4) is 0 Å². The van der Waals surface area contributed by atoms with Gasteiger partial charge in [-0.2, -0.15) is 0 Å². The summed E-state index contributed by atoms with van der Waals surface area (Å²) in [5.41, 5.74) is 6.80. The Balaban J connectivity index is 1.81. The average Bonchev–Trinajstić information content (AvgIpc) is 2.87. The zero-order chi connectivity index (χ0) is 24.1. The molecule has 1 aromatic rings. The fraction of sp³-hybridized carbons (Fsp3) is 0.688. The molecule has 188 valence electrons. The maximum atomic E-state index is 8.82. The summed E-state index contributed by atoms with van der Waals surface area (Å²) in [4.78, 5) is 0. The van der Waals surface area contributed by atoms with Crippen LogP contribution in [0.15, 0.2) is 47.6 Å². The number of rotatable bonds is 4. The van der Waals surface area contributed by atoms with Crippen molar-refractivity contribution in [3.63, 3.8) is 0 Å². The Morgan fingerprint density at radius 2 is 1.38 bits per heavy atom. The van der Waals surface area contributed by atoms with E-state index in [4.69, 9.17) is 11.2 Å². The number of benzene rings is 1. The SMILES string of the molecule is CC(C)C1=CC(C(C)C)C2C(=C1)C(C)P(Cl)(C1CCCCC1)(C1CCCCC1)c1ccccc12. The van der Waals surface area contributed by atoms with E-state index in [2.05, 4.69) is 71.0 Å². The number of allylic oxidation sites excluding steroid dienone is 4. The first-order valence-corrected chi connectivity index (χ1v) is 17.9. The molecule has 0 radical (unpaired) electrons. The summed E-state index contributed by atoms with van der Waals surface area (Å²) >= 11 is 8.82. The molecule has 0 amide bonds. The van der Waals surface area contributed by atoms with E-state index in [1.54, 1.807) is 22.0 Å². The molecule has 0 saturated heterocycles. The Bertz CT molecular complexity index is 939. The van der Waals surface area contributed by atoms with Crippen molar-refractivity contribution in [1.29, 1.82) is 0 Å². The van der Waals surface area contributed by atoms with Gasteiger partial charge in [-0.05, 0) is 0 Å². The van der Waals surface area contributed by atoms with Gasteiger partial charge in [-0.25, -0.2) is 0 Å². The number of hydrogen-bond acceptors (Lipinski definition) is 0. The van der Waals surface area contributed by atoms with Crippen LogP contribution < -0.4 is 5.30 Å². The topological polar surface area (TPSA) is 0 Å². The normalized spacial score (nSPS) is 32.8. The van der Waals surface area contributed by atoms with E-state index < -0.39 is 5.96 Å². The van der Waals surface area contributed by atoms with E-state index in [-0.39, 0.29) is 0 Å². The van der Waals surface area contributed by atoms with Crippen molar-refractivity contribution in [2.24, 2.45) is 17.8 Å². The molecule has 0 bridgehead atoms. The molecule has 2 saturated carbocycles. The van der Waals surface area contributed by atoms with Crippen molar-refractivity contribution < 1.29 is 0 Å². The van der Waals surface area contributed by atoms with Crippen molar-refractivity contribution >= 4 is 22.5 Å². The van der Waals surface area contributed by atoms with Gasteiger partial charge in [0.25, 0.3) is 0 Å². The van der Waals surface area contributed by atoms with Gasteiger partial charge in [0.15, 0.2) is 0 Å². The van der Waals surface area contributed by atoms with Gasteiger partial charge in [0.05, 0.1) is 0 Å². The Kier molecular flexibility index (Phi) is 6.92. The molecule has 1 aliphatic heterocycles. The van der Waals surface area contributed by atoms with E-state index in [9.17, 15) is 0 Å². The zero-order valence-corrected chi connectivity index (χ0v) is 24.1. The summed E-state index contributed by atoms with van der Waals surface area (Å²) in [5, 5.41) is 1.66. The van der Waals surface area contributed by atoms with Crippen LogP contribution in [0.1, 0.15) is 110 Å². The molecule has 0 spiro atoms. The third kappa shape index (κ3) is 3.56. The Morgan fingerprint density at radius 1 is 0.824 bits per heavy atom. The fourth-order valence-corrected chi connectivity index (χ4v) is 18.7. The van der Waals surface area contributed by atoms with Crippen LogP contribution in [0, 0.1) is 17.8 Å². The molecule has 3 aliphatic carbocycles. The van der Waals surface area contributed by atoms with Crippen LogP contribution in [0.3, 0.4) is 0 Å². The van der Waals surface area contributed by atoms with Crippen molar-refractivity contribution in [2.75, 3.05) is 0 Å². The first-order chi connectivity index (χ1) is 16.3. The van der Waals surface area contributed by atoms with Crippen molar-refractivity contribution in [1.82, 2.24) is 0 Å². The predicted molar refractivity (Wildman–Crippen MR) is 154 cm³/mol. The molecule has 0 nitrogen and oxygen atoms in total. The molecular weight excluding hydrogens is 451 g/mol. The second kappa shape index (κ2) is 9.38. The number of fused-ring (bicyclic) bond motifs is 3. The van der Waals surface area contributed by atoms with Crippen molar-refractivity contribution in [2.45, 2.75) is 122 Å². The van der Waals surface area contributed by atoms with Gasteiger partial charge in [-0.3, -0.25) is 0 Å².